The molecule has 126 valence electrons. The van der Waals surface area contributed by atoms with Crippen LogP contribution in [-0.2, 0) is 0 Å². The molecule has 0 spiro atoms. The molecule has 0 aromatic carbocycles. The third kappa shape index (κ3) is 2.60. The van der Waals surface area contributed by atoms with Crippen LogP contribution in [0.3, 0.4) is 0 Å². The Morgan fingerprint density at radius 1 is 0.636 bits per heavy atom. The molecule has 0 aromatic rings. The monoisotopic (exact) mass is 308 g/mol. The second kappa shape index (κ2) is 6.71. The van der Waals surface area contributed by atoms with Crippen LogP contribution in [0.5, 0.6) is 0 Å². The molecule has 0 bridgehead atoms. The summed E-state index contributed by atoms with van der Waals surface area (Å²) in [6.07, 6.45) is 6.84. The SMILES string of the molecule is C1CCN(N2CCNCC2(N2CCCC2)N2CCNC2)CC1. The standard InChI is InChI=1S/C16H32N6/c1-2-10-21(11-3-1)22-13-7-17-14-16(22,19-8-4-5-9-19)20-12-6-18-15-20/h17-18H,1-15H2. The van der Waals surface area contributed by atoms with Crippen molar-refractivity contribution in [1.82, 2.24) is 30.5 Å². The second-order valence-electron chi connectivity index (χ2n) is 7.20. The van der Waals surface area contributed by atoms with E-state index < -0.39 is 0 Å². The van der Waals surface area contributed by atoms with Gasteiger partial charge in [0.15, 0.2) is 5.79 Å². The largest absolute Gasteiger partial charge is 0.311 e. The van der Waals surface area contributed by atoms with Gasteiger partial charge in [-0.2, -0.15) is 0 Å². The van der Waals surface area contributed by atoms with Crippen LogP contribution in [0.15, 0.2) is 0 Å². The molecule has 1 unspecified atom stereocenters. The lowest BCUT2D eigenvalue weighted by Crippen LogP contribution is -2.79. The van der Waals surface area contributed by atoms with Gasteiger partial charge in [-0.3, -0.25) is 9.80 Å². The highest BCUT2D eigenvalue weighted by atomic mass is 15.8. The van der Waals surface area contributed by atoms with E-state index in [4.69, 9.17) is 0 Å². The first kappa shape index (κ1) is 15.3. The molecule has 0 amide bonds. The molecule has 4 heterocycles. The lowest BCUT2D eigenvalue weighted by Gasteiger charge is -2.59. The summed E-state index contributed by atoms with van der Waals surface area (Å²) in [5.41, 5.74) is 0. The third-order valence-corrected chi connectivity index (χ3v) is 5.93. The van der Waals surface area contributed by atoms with Gasteiger partial charge in [0.05, 0.1) is 6.67 Å². The number of nitrogens with one attached hydrogen (secondary N) is 2. The summed E-state index contributed by atoms with van der Waals surface area (Å²) >= 11 is 0. The Kier molecular flexibility index (Phi) is 4.66. The van der Waals surface area contributed by atoms with E-state index in [0.29, 0.717) is 0 Å². The molecule has 4 rings (SSSR count). The molecule has 4 saturated heterocycles. The summed E-state index contributed by atoms with van der Waals surface area (Å²) < 4.78 is 0. The Morgan fingerprint density at radius 2 is 1.36 bits per heavy atom. The van der Waals surface area contributed by atoms with Crippen LogP contribution < -0.4 is 10.6 Å². The Morgan fingerprint density at radius 3 is 2.09 bits per heavy atom. The molecule has 0 radical (unpaired) electrons. The molecule has 6 nitrogen and oxygen atoms in total. The third-order valence-electron chi connectivity index (χ3n) is 5.93. The summed E-state index contributed by atoms with van der Waals surface area (Å²) in [6.45, 7) is 11.7. The maximum absolute atomic E-state index is 3.72. The van der Waals surface area contributed by atoms with E-state index in [1.165, 1.54) is 64.8 Å². The first-order valence-corrected chi connectivity index (χ1v) is 9.35. The van der Waals surface area contributed by atoms with Gasteiger partial charge in [-0.25, -0.2) is 10.0 Å². The molecule has 4 aliphatic heterocycles. The quantitative estimate of drug-likeness (QED) is 0.759. The fourth-order valence-electron chi connectivity index (χ4n) is 4.84. The van der Waals surface area contributed by atoms with Crippen molar-refractivity contribution in [1.29, 1.82) is 0 Å². The van der Waals surface area contributed by atoms with Crippen LogP contribution >= 0.6 is 0 Å². The molecular formula is C16H32N6. The topological polar surface area (TPSA) is 37.0 Å². The van der Waals surface area contributed by atoms with Crippen molar-refractivity contribution in [2.75, 3.05) is 65.6 Å². The lowest BCUT2D eigenvalue weighted by molar-refractivity contribution is -0.252. The van der Waals surface area contributed by atoms with Crippen molar-refractivity contribution < 1.29 is 0 Å². The fraction of sp³-hybridized carbons (Fsp3) is 1.00. The van der Waals surface area contributed by atoms with Crippen molar-refractivity contribution in [3.05, 3.63) is 0 Å². The molecule has 0 aromatic heterocycles. The van der Waals surface area contributed by atoms with Crippen molar-refractivity contribution in [2.24, 2.45) is 0 Å². The minimum atomic E-state index is 0.0651. The minimum absolute atomic E-state index is 0.0651. The normalized spacial score (nSPS) is 37.1. The zero-order chi connectivity index (χ0) is 14.8. The minimum Gasteiger partial charge on any atom is -0.311 e. The average molecular weight is 308 g/mol. The Balaban J connectivity index is 1.64. The van der Waals surface area contributed by atoms with Crippen molar-refractivity contribution in [3.63, 3.8) is 0 Å². The predicted molar refractivity (Wildman–Crippen MR) is 88.1 cm³/mol. The van der Waals surface area contributed by atoms with E-state index >= 15 is 0 Å². The summed E-state index contributed by atoms with van der Waals surface area (Å²) in [4.78, 5) is 5.46. The number of nitrogens with zero attached hydrogens (tertiary/aromatic N) is 4. The number of hydrogen-bond acceptors (Lipinski definition) is 6. The van der Waals surface area contributed by atoms with E-state index in [9.17, 15) is 0 Å². The first-order valence-electron chi connectivity index (χ1n) is 9.35. The van der Waals surface area contributed by atoms with E-state index in [1.54, 1.807) is 0 Å². The van der Waals surface area contributed by atoms with Crippen molar-refractivity contribution in [2.45, 2.75) is 37.9 Å². The molecule has 22 heavy (non-hydrogen) atoms. The van der Waals surface area contributed by atoms with Gasteiger partial charge in [-0.05, 0) is 25.7 Å². The lowest BCUT2D eigenvalue weighted by atomic mass is 10.1. The summed E-state index contributed by atoms with van der Waals surface area (Å²) in [5, 5.41) is 12.7. The number of hydrogen-bond donors (Lipinski definition) is 2. The summed E-state index contributed by atoms with van der Waals surface area (Å²) in [6, 6.07) is 0. The van der Waals surface area contributed by atoms with Gasteiger partial charge in [-0.15, -0.1) is 0 Å². The van der Waals surface area contributed by atoms with Crippen LogP contribution in [0.1, 0.15) is 32.1 Å². The van der Waals surface area contributed by atoms with E-state index in [-0.39, 0.29) is 5.79 Å². The van der Waals surface area contributed by atoms with Crippen LogP contribution in [-0.4, -0.2) is 91.2 Å². The average Bonchev–Trinajstić information content (AvgIpc) is 3.29. The maximum atomic E-state index is 3.72. The molecule has 1 atom stereocenters. The Hall–Kier alpha value is -0.240. The van der Waals surface area contributed by atoms with Crippen LogP contribution in [0.4, 0.5) is 0 Å². The highest BCUT2D eigenvalue weighted by Crippen LogP contribution is 2.33. The smallest absolute Gasteiger partial charge is 0.157 e. The molecule has 6 heteroatoms. The molecule has 4 aliphatic rings. The number of piperazine rings is 1. The van der Waals surface area contributed by atoms with Gasteiger partial charge in [0, 0.05) is 58.9 Å². The van der Waals surface area contributed by atoms with E-state index in [1.807, 2.05) is 0 Å². The fourth-order valence-corrected chi connectivity index (χ4v) is 4.84. The summed E-state index contributed by atoms with van der Waals surface area (Å²) in [7, 11) is 0. The highest BCUT2D eigenvalue weighted by Gasteiger charge is 2.52. The Bertz CT molecular complexity index is 342. The van der Waals surface area contributed by atoms with Crippen LogP contribution in [0, 0.1) is 0 Å². The van der Waals surface area contributed by atoms with E-state index in [2.05, 4.69) is 30.5 Å². The van der Waals surface area contributed by atoms with Crippen molar-refractivity contribution >= 4 is 0 Å². The molecule has 2 N–H and O–H groups in total. The van der Waals surface area contributed by atoms with Crippen LogP contribution in [0.2, 0.25) is 0 Å². The number of rotatable bonds is 3. The van der Waals surface area contributed by atoms with Crippen molar-refractivity contribution in [3.8, 4) is 0 Å². The molecule has 4 fully saturated rings. The number of piperidine rings is 1. The van der Waals surface area contributed by atoms with Gasteiger partial charge < -0.3 is 10.6 Å². The van der Waals surface area contributed by atoms with E-state index in [0.717, 1.165) is 32.8 Å². The highest BCUT2D eigenvalue weighted by molar-refractivity contribution is 4.98. The number of likely N-dealkylation sites (tertiary alicyclic amines) is 1. The maximum Gasteiger partial charge on any atom is 0.157 e. The van der Waals surface area contributed by atoms with Gasteiger partial charge >= 0.3 is 0 Å². The molecule has 0 saturated carbocycles. The van der Waals surface area contributed by atoms with Gasteiger partial charge in [-0.1, -0.05) is 6.42 Å². The second-order valence-corrected chi connectivity index (χ2v) is 7.20. The zero-order valence-corrected chi connectivity index (χ0v) is 13.9. The van der Waals surface area contributed by atoms with Gasteiger partial charge in [0.2, 0.25) is 0 Å². The molecule has 0 aliphatic carbocycles. The molecular weight excluding hydrogens is 276 g/mol. The van der Waals surface area contributed by atoms with Gasteiger partial charge in [0.25, 0.3) is 0 Å². The Labute approximate surface area is 134 Å². The van der Waals surface area contributed by atoms with Gasteiger partial charge in [0.1, 0.15) is 0 Å². The van der Waals surface area contributed by atoms with Crippen LogP contribution in [0.25, 0.3) is 0 Å². The number of hydrazine groups is 1. The zero-order valence-electron chi connectivity index (χ0n) is 13.9. The summed E-state index contributed by atoms with van der Waals surface area (Å²) in [5.74, 6) is 0.0651. The first-order chi connectivity index (χ1) is 10.9. The predicted octanol–water partition coefficient (Wildman–Crippen LogP) is -0.0952.